The third kappa shape index (κ3) is 3.56. The van der Waals surface area contributed by atoms with Crippen molar-refractivity contribution in [2.75, 3.05) is 27.9 Å². The maximum absolute atomic E-state index is 6.10. The molecule has 0 amide bonds. The monoisotopic (exact) mass is 296 g/mol. The van der Waals surface area contributed by atoms with Crippen molar-refractivity contribution in [3.63, 3.8) is 0 Å². The van der Waals surface area contributed by atoms with Crippen LogP contribution in [0.15, 0.2) is 12.1 Å². The van der Waals surface area contributed by atoms with E-state index in [4.69, 9.17) is 25.7 Å². The number of ether oxygens (including phenoxy) is 3. The van der Waals surface area contributed by atoms with Crippen LogP contribution in [0.2, 0.25) is 0 Å². The minimum atomic E-state index is -0.254. The van der Waals surface area contributed by atoms with E-state index in [9.17, 15) is 0 Å². The summed E-state index contributed by atoms with van der Waals surface area (Å²) in [4.78, 5) is 0. The molecule has 0 aliphatic carbocycles. The van der Waals surface area contributed by atoms with Crippen LogP contribution >= 0.6 is 0 Å². The minimum absolute atomic E-state index is 0.152. The van der Waals surface area contributed by atoms with Gasteiger partial charge in [0.25, 0.3) is 0 Å². The zero-order valence-electron chi connectivity index (χ0n) is 12.7. The van der Waals surface area contributed by atoms with Gasteiger partial charge in [0.05, 0.1) is 27.5 Å². The molecule has 1 fully saturated rings. The number of rotatable bonds is 5. The lowest BCUT2D eigenvalue weighted by atomic mass is 9.94. The van der Waals surface area contributed by atoms with Gasteiger partial charge in [0.15, 0.2) is 11.5 Å². The number of nitrogens with one attached hydrogen (secondary N) is 2. The summed E-state index contributed by atoms with van der Waals surface area (Å²) in [6.45, 7) is 0.756. The average molecular weight is 296 g/mol. The van der Waals surface area contributed by atoms with E-state index in [0.717, 1.165) is 18.5 Å². The summed E-state index contributed by atoms with van der Waals surface area (Å²) in [6, 6.07) is 3.89. The van der Waals surface area contributed by atoms with E-state index in [1.54, 1.807) is 21.3 Å². The van der Waals surface area contributed by atoms with Crippen LogP contribution < -0.4 is 36.3 Å². The smallest absolute Gasteiger partial charge is 0.203 e. The third-order valence-corrected chi connectivity index (χ3v) is 3.70. The van der Waals surface area contributed by atoms with Gasteiger partial charge in [0.1, 0.15) is 6.29 Å². The molecule has 0 radical (unpaired) electrons. The maximum atomic E-state index is 6.10. The van der Waals surface area contributed by atoms with Gasteiger partial charge in [-0.3, -0.25) is 10.6 Å². The number of hydrogen-bond donors (Lipinski definition) is 4. The first-order valence-electron chi connectivity index (χ1n) is 6.88. The summed E-state index contributed by atoms with van der Waals surface area (Å²) < 4.78 is 16.1. The molecule has 1 saturated heterocycles. The zero-order valence-corrected chi connectivity index (χ0v) is 12.7. The van der Waals surface area contributed by atoms with Gasteiger partial charge in [-0.15, -0.1) is 0 Å². The second-order valence-corrected chi connectivity index (χ2v) is 5.08. The van der Waals surface area contributed by atoms with Crippen molar-refractivity contribution < 1.29 is 14.2 Å². The Morgan fingerprint density at radius 3 is 2.19 bits per heavy atom. The third-order valence-electron chi connectivity index (χ3n) is 3.70. The van der Waals surface area contributed by atoms with Crippen LogP contribution in [0.1, 0.15) is 5.56 Å². The first-order chi connectivity index (χ1) is 10.1. The summed E-state index contributed by atoms with van der Waals surface area (Å²) in [6.07, 6.45) is 0.376. The van der Waals surface area contributed by atoms with Crippen LogP contribution in [-0.2, 0) is 6.42 Å². The van der Waals surface area contributed by atoms with Crippen molar-refractivity contribution in [2.24, 2.45) is 17.4 Å². The average Bonchev–Trinajstić information content (AvgIpc) is 2.49. The summed E-state index contributed by atoms with van der Waals surface area (Å²) in [5.74, 6) is 2.12. The van der Waals surface area contributed by atoms with Gasteiger partial charge in [0, 0.05) is 12.5 Å². The molecular formula is C14H24N4O3. The molecule has 3 unspecified atom stereocenters. The van der Waals surface area contributed by atoms with Crippen LogP contribution in [0.25, 0.3) is 0 Å². The molecule has 1 heterocycles. The molecule has 0 aromatic heterocycles. The summed E-state index contributed by atoms with van der Waals surface area (Å²) >= 11 is 0. The van der Waals surface area contributed by atoms with E-state index in [0.29, 0.717) is 17.2 Å². The van der Waals surface area contributed by atoms with Crippen LogP contribution in [0.4, 0.5) is 0 Å². The molecule has 0 saturated carbocycles. The molecule has 7 heteroatoms. The molecule has 1 aromatic carbocycles. The standard InChI is InChI=1S/C14H24N4O3/c1-19-10-5-8(6-11(20-2)12(10)21-3)4-9-7-17-14(16)18-13(9)15/h5-6,9,13-14,17-18H,4,7,15-16H2,1-3H3. The Kier molecular flexibility index (Phi) is 5.24. The Morgan fingerprint density at radius 1 is 1.10 bits per heavy atom. The number of nitrogens with two attached hydrogens (primary N) is 2. The Balaban J connectivity index is 2.20. The first-order valence-corrected chi connectivity index (χ1v) is 6.88. The van der Waals surface area contributed by atoms with E-state index in [1.165, 1.54) is 0 Å². The molecule has 2 rings (SSSR count). The molecule has 3 atom stereocenters. The van der Waals surface area contributed by atoms with Crippen molar-refractivity contribution in [1.29, 1.82) is 0 Å². The van der Waals surface area contributed by atoms with Crippen LogP contribution in [-0.4, -0.2) is 40.3 Å². The highest BCUT2D eigenvalue weighted by Gasteiger charge is 2.26. The highest BCUT2D eigenvalue weighted by atomic mass is 16.5. The zero-order chi connectivity index (χ0) is 15.4. The number of benzene rings is 1. The largest absolute Gasteiger partial charge is 0.493 e. The van der Waals surface area contributed by atoms with E-state index < -0.39 is 0 Å². The maximum Gasteiger partial charge on any atom is 0.203 e. The van der Waals surface area contributed by atoms with Gasteiger partial charge < -0.3 is 25.7 Å². The number of methoxy groups -OCH3 is 3. The van der Waals surface area contributed by atoms with Gasteiger partial charge in [-0.25, -0.2) is 0 Å². The van der Waals surface area contributed by atoms with E-state index in [2.05, 4.69) is 10.6 Å². The Bertz CT molecular complexity index is 458. The van der Waals surface area contributed by atoms with Crippen molar-refractivity contribution in [1.82, 2.24) is 10.6 Å². The second-order valence-electron chi connectivity index (χ2n) is 5.08. The predicted octanol–water partition coefficient (Wildman–Crippen LogP) is -0.409. The van der Waals surface area contributed by atoms with E-state index in [1.807, 2.05) is 12.1 Å². The molecule has 1 aliphatic rings. The van der Waals surface area contributed by atoms with Gasteiger partial charge in [0.2, 0.25) is 5.75 Å². The van der Waals surface area contributed by atoms with Crippen LogP contribution in [0.3, 0.4) is 0 Å². The van der Waals surface area contributed by atoms with Gasteiger partial charge in [-0.1, -0.05) is 0 Å². The lowest BCUT2D eigenvalue weighted by molar-refractivity contribution is 0.226. The fraction of sp³-hybridized carbons (Fsp3) is 0.571. The highest BCUT2D eigenvalue weighted by Crippen LogP contribution is 2.38. The van der Waals surface area contributed by atoms with Gasteiger partial charge in [-0.2, -0.15) is 0 Å². The SMILES string of the molecule is COc1cc(CC2CNC(N)NC2N)cc(OC)c1OC. The Labute approximate surface area is 124 Å². The molecule has 6 N–H and O–H groups in total. The summed E-state index contributed by atoms with van der Waals surface area (Å²) in [5.41, 5.74) is 12.9. The Morgan fingerprint density at radius 2 is 1.71 bits per heavy atom. The predicted molar refractivity (Wildman–Crippen MR) is 80.4 cm³/mol. The molecule has 1 aromatic rings. The summed E-state index contributed by atoms with van der Waals surface area (Å²) in [5, 5.41) is 6.25. The second kappa shape index (κ2) is 6.95. The fourth-order valence-corrected chi connectivity index (χ4v) is 2.56. The molecular weight excluding hydrogens is 272 g/mol. The summed E-state index contributed by atoms with van der Waals surface area (Å²) in [7, 11) is 4.80. The molecule has 118 valence electrons. The molecule has 1 aliphatic heterocycles. The van der Waals surface area contributed by atoms with Crippen molar-refractivity contribution in [3.8, 4) is 17.2 Å². The fourth-order valence-electron chi connectivity index (χ4n) is 2.56. The normalized spacial score (nSPS) is 25.5. The molecule has 21 heavy (non-hydrogen) atoms. The van der Waals surface area contributed by atoms with Crippen molar-refractivity contribution in [2.45, 2.75) is 18.9 Å². The molecule has 0 bridgehead atoms. The number of hydrogen-bond acceptors (Lipinski definition) is 7. The van der Waals surface area contributed by atoms with Gasteiger partial charge in [-0.05, 0) is 24.1 Å². The van der Waals surface area contributed by atoms with E-state index >= 15 is 0 Å². The molecule has 0 spiro atoms. The first kappa shape index (κ1) is 15.8. The topological polar surface area (TPSA) is 104 Å². The quantitative estimate of drug-likeness (QED) is 0.585. The van der Waals surface area contributed by atoms with Gasteiger partial charge >= 0.3 is 0 Å². The van der Waals surface area contributed by atoms with Crippen LogP contribution in [0, 0.1) is 5.92 Å². The van der Waals surface area contributed by atoms with Crippen molar-refractivity contribution >= 4 is 0 Å². The molecule has 7 nitrogen and oxygen atoms in total. The van der Waals surface area contributed by atoms with Crippen LogP contribution in [0.5, 0.6) is 17.2 Å². The lowest BCUT2D eigenvalue weighted by Crippen LogP contribution is -2.65. The van der Waals surface area contributed by atoms with Crippen molar-refractivity contribution in [3.05, 3.63) is 17.7 Å². The Hall–Kier alpha value is -1.54. The highest BCUT2D eigenvalue weighted by molar-refractivity contribution is 5.53. The lowest BCUT2D eigenvalue weighted by Gasteiger charge is -2.34. The van der Waals surface area contributed by atoms with E-state index in [-0.39, 0.29) is 18.4 Å². The minimum Gasteiger partial charge on any atom is -0.493 e.